The third-order valence-electron chi connectivity index (χ3n) is 4.46. The van der Waals surface area contributed by atoms with Crippen molar-refractivity contribution in [3.05, 3.63) is 29.6 Å². The van der Waals surface area contributed by atoms with Crippen molar-refractivity contribution < 1.29 is 13.9 Å². The van der Waals surface area contributed by atoms with Crippen LogP contribution >= 0.6 is 0 Å². The van der Waals surface area contributed by atoms with Gasteiger partial charge in [0.15, 0.2) is 0 Å². The van der Waals surface area contributed by atoms with Gasteiger partial charge in [0.05, 0.1) is 18.4 Å². The van der Waals surface area contributed by atoms with Crippen molar-refractivity contribution in [3.8, 4) is 0 Å². The third-order valence-corrected chi connectivity index (χ3v) is 4.46. The van der Waals surface area contributed by atoms with Gasteiger partial charge in [0.25, 0.3) is 0 Å². The molecule has 0 saturated heterocycles. The maximum Gasteiger partial charge on any atom is 0.337 e. The highest BCUT2D eigenvalue weighted by Crippen LogP contribution is 2.40. The number of nitrogens with two attached hydrogens (primary N) is 2. The van der Waals surface area contributed by atoms with Gasteiger partial charge in [0, 0.05) is 0 Å². The highest BCUT2D eigenvalue weighted by Gasteiger charge is 2.43. The first-order chi connectivity index (χ1) is 11.5. The summed E-state index contributed by atoms with van der Waals surface area (Å²) in [5, 5.41) is 0. The molecule has 0 amide bonds. The number of hydrogen-bond acceptors (Lipinski definition) is 7. The van der Waals surface area contributed by atoms with Gasteiger partial charge in [0.1, 0.15) is 11.5 Å². The van der Waals surface area contributed by atoms with Crippen LogP contribution in [0.25, 0.3) is 0 Å². The Morgan fingerprint density at radius 1 is 1.29 bits per heavy atom. The number of rotatable bonds is 2. The van der Waals surface area contributed by atoms with E-state index < -0.39 is 17.4 Å². The van der Waals surface area contributed by atoms with E-state index in [1.807, 2.05) is 0 Å². The molecule has 1 aliphatic carbocycles. The number of carbonyl (C=O) groups excluding carboxylic acids is 1. The molecule has 0 atom stereocenters. The molecule has 1 aliphatic heterocycles. The lowest BCUT2D eigenvalue weighted by molar-refractivity contribution is 0.0600. The van der Waals surface area contributed by atoms with Gasteiger partial charge in [0.2, 0.25) is 11.9 Å². The molecule has 8 heteroatoms. The lowest BCUT2D eigenvalue weighted by atomic mass is 9.87. The summed E-state index contributed by atoms with van der Waals surface area (Å²) in [7, 11) is 1.25. The van der Waals surface area contributed by atoms with Gasteiger partial charge in [-0.25, -0.2) is 14.2 Å². The Labute approximate surface area is 139 Å². The highest BCUT2D eigenvalue weighted by atomic mass is 19.1. The number of guanidine groups is 2. The Balaban J connectivity index is 2.05. The van der Waals surface area contributed by atoms with E-state index in [-0.39, 0.29) is 23.2 Å². The minimum atomic E-state index is -0.720. The Bertz CT molecular complexity index is 725. The quantitative estimate of drug-likeness (QED) is 0.802. The second kappa shape index (κ2) is 6.10. The topological polar surface area (TPSA) is 106 Å². The smallest absolute Gasteiger partial charge is 0.337 e. The summed E-state index contributed by atoms with van der Waals surface area (Å²) < 4.78 is 19.3. The number of halogens is 1. The molecule has 1 heterocycles. The number of esters is 1. The molecule has 1 fully saturated rings. The van der Waals surface area contributed by atoms with Crippen LogP contribution in [0.2, 0.25) is 0 Å². The molecule has 3 rings (SSSR count). The fourth-order valence-electron chi connectivity index (χ4n) is 3.40. The first-order valence-electron chi connectivity index (χ1n) is 7.84. The van der Waals surface area contributed by atoms with E-state index in [2.05, 4.69) is 14.7 Å². The minimum absolute atomic E-state index is 0.106. The van der Waals surface area contributed by atoms with Crippen LogP contribution < -0.4 is 16.4 Å². The number of ether oxygens (including phenoxy) is 1. The van der Waals surface area contributed by atoms with E-state index in [9.17, 15) is 9.18 Å². The second-order valence-corrected chi connectivity index (χ2v) is 5.98. The summed E-state index contributed by atoms with van der Waals surface area (Å²) in [6, 6.07) is 4.12. The van der Waals surface area contributed by atoms with Crippen LogP contribution in [0, 0.1) is 5.82 Å². The molecule has 7 nitrogen and oxygen atoms in total. The molecule has 128 valence electrons. The largest absolute Gasteiger partial charge is 0.465 e. The van der Waals surface area contributed by atoms with Crippen LogP contribution in [0.5, 0.6) is 0 Å². The lowest BCUT2D eigenvalue weighted by Crippen LogP contribution is -2.58. The molecular formula is C16H20FN5O2. The fourth-order valence-corrected chi connectivity index (χ4v) is 3.40. The van der Waals surface area contributed by atoms with Gasteiger partial charge >= 0.3 is 5.97 Å². The number of benzene rings is 1. The number of carbonyl (C=O) groups is 1. The molecular weight excluding hydrogens is 313 g/mol. The van der Waals surface area contributed by atoms with Gasteiger partial charge in [-0.2, -0.15) is 4.99 Å². The van der Waals surface area contributed by atoms with Crippen LogP contribution in [-0.2, 0) is 4.74 Å². The predicted molar refractivity (Wildman–Crippen MR) is 89.3 cm³/mol. The molecule has 1 saturated carbocycles. The van der Waals surface area contributed by atoms with E-state index in [0.29, 0.717) is 12.8 Å². The third kappa shape index (κ3) is 2.68. The van der Waals surface area contributed by atoms with E-state index in [0.717, 1.165) is 25.3 Å². The van der Waals surface area contributed by atoms with Crippen molar-refractivity contribution in [3.63, 3.8) is 0 Å². The first kappa shape index (κ1) is 16.2. The molecule has 0 bridgehead atoms. The molecule has 2 aliphatic rings. The minimum Gasteiger partial charge on any atom is -0.465 e. The van der Waals surface area contributed by atoms with Gasteiger partial charge in [-0.3, -0.25) is 4.90 Å². The Morgan fingerprint density at radius 3 is 2.62 bits per heavy atom. The van der Waals surface area contributed by atoms with Crippen molar-refractivity contribution in [2.75, 3.05) is 12.0 Å². The molecule has 0 radical (unpaired) electrons. The van der Waals surface area contributed by atoms with E-state index in [1.165, 1.54) is 19.2 Å². The van der Waals surface area contributed by atoms with Gasteiger partial charge in [-0.15, -0.1) is 0 Å². The maximum absolute atomic E-state index is 14.7. The van der Waals surface area contributed by atoms with Crippen molar-refractivity contribution in [1.29, 1.82) is 0 Å². The maximum atomic E-state index is 14.7. The summed E-state index contributed by atoms with van der Waals surface area (Å²) in [5.41, 5.74) is 11.5. The molecule has 0 unspecified atom stereocenters. The molecule has 1 aromatic carbocycles. The van der Waals surface area contributed by atoms with Crippen LogP contribution in [-0.4, -0.2) is 30.7 Å². The van der Waals surface area contributed by atoms with Gasteiger partial charge < -0.3 is 16.2 Å². The Hall–Kier alpha value is -2.64. The van der Waals surface area contributed by atoms with Crippen molar-refractivity contribution >= 4 is 23.6 Å². The summed E-state index contributed by atoms with van der Waals surface area (Å²) in [4.78, 5) is 21.6. The number of hydrogen-bond donors (Lipinski definition) is 2. The standard InChI is InChI=1S/C16H20FN5O2/c1-24-13(23)10-5-6-12(11(17)9-10)22-15(19)20-14(18)21-16(22)7-3-2-4-8-16/h5-6,9H,2-4,7-8H2,1H3,(H4,18,19,20,21). The van der Waals surface area contributed by atoms with Gasteiger partial charge in [-0.1, -0.05) is 6.42 Å². The Kier molecular flexibility index (Phi) is 4.13. The number of aliphatic imine (C=N–C) groups is 2. The summed E-state index contributed by atoms with van der Waals surface area (Å²) in [6.45, 7) is 0. The average molecular weight is 333 g/mol. The predicted octanol–water partition coefficient (Wildman–Crippen LogP) is 1.72. The fraction of sp³-hybridized carbons (Fsp3) is 0.438. The molecule has 0 aromatic heterocycles. The average Bonchev–Trinajstić information content (AvgIpc) is 2.55. The molecule has 24 heavy (non-hydrogen) atoms. The molecule has 4 N–H and O–H groups in total. The first-order valence-corrected chi connectivity index (χ1v) is 7.84. The lowest BCUT2D eigenvalue weighted by Gasteiger charge is -2.45. The zero-order valence-corrected chi connectivity index (χ0v) is 13.5. The van der Waals surface area contributed by atoms with Crippen LogP contribution in [0.15, 0.2) is 28.2 Å². The molecule has 1 spiro atoms. The van der Waals surface area contributed by atoms with E-state index >= 15 is 0 Å². The second-order valence-electron chi connectivity index (χ2n) is 5.98. The number of methoxy groups -OCH3 is 1. The zero-order valence-electron chi connectivity index (χ0n) is 13.5. The van der Waals surface area contributed by atoms with Crippen molar-refractivity contribution in [1.82, 2.24) is 0 Å². The van der Waals surface area contributed by atoms with Crippen LogP contribution in [0.1, 0.15) is 42.5 Å². The van der Waals surface area contributed by atoms with Crippen LogP contribution in [0.3, 0.4) is 0 Å². The molecule has 1 aromatic rings. The Morgan fingerprint density at radius 2 is 2.00 bits per heavy atom. The normalized spacial score (nSPS) is 19.7. The SMILES string of the molecule is COC(=O)c1ccc(N2C(N)=NC(N)=NC23CCCCC3)c(F)c1. The monoisotopic (exact) mass is 333 g/mol. The summed E-state index contributed by atoms with van der Waals surface area (Å²) >= 11 is 0. The highest BCUT2D eigenvalue weighted by molar-refractivity contribution is 6.05. The van der Waals surface area contributed by atoms with Gasteiger partial charge in [-0.05, 0) is 43.9 Å². The van der Waals surface area contributed by atoms with E-state index in [1.54, 1.807) is 4.90 Å². The zero-order chi connectivity index (χ0) is 17.3. The number of anilines is 1. The summed E-state index contributed by atoms with van der Waals surface area (Å²) in [6.07, 6.45) is 4.40. The number of nitrogens with zero attached hydrogens (tertiary/aromatic N) is 3. The van der Waals surface area contributed by atoms with E-state index in [4.69, 9.17) is 11.5 Å². The van der Waals surface area contributed by atoms with Crippen molar-refractivity contribution in [2.24, 2.45) is 21.5 Å². The van der Waals surface area contributed by atoms with Crippen molar-refractivity contribution in [2.45, 2.75) is 37.8 Å². The van der Waals surface area contributed by atoms with Crippen LogP contribution in [0.4, 0.5) is 10.1 Å². The summed E-state index contributed by atoms with van der Waals surface area (Å²) in [5.74, 6) is -0.974.